The molecule has 13 rings (SSSR count). The van der Waals surface area contributed by atoms with Crippen LogP contribution in [0.5, 0.6) is 0 Å². The van der Waals surface area contributed by atoms with E-state index in [1.807, 2.05) is 85.0 Å². The fourth-order valence-electron chi connectivity index (χ4n) is 12.4. The third-order valence-corrected chi connectivity index (χ3v) is 14.8. The van der Waals surface area contributed by atoms with Crippen LogP contribution in [-0.4, -0.2) is 23.0 Å². The first-order valence-corrected chi connectivity index (χ1v) is 22.6. The van der Waals surface area contributed by atoms with Gasteiger partial charge in [-0.2, -0.15) is 0 Å². The Morgan fingerprint density at radius 2 is 0.821 bits per heavy atom. The van der Waals surface area contributed by atoms with Gasteiger partial charge in [0.15, 0.2) is 11.6 Å². The Kier molecular flexibility index (Phi) is 8.74. The summed E-state index contributed by atoms with van der Waals surface area (Å²) in [6.07, 6.45) is 8.09. The first-order valence-electron chi connectivity index (χ1n) is 22.6. The van der Waals surface area contributed by atoms with Crippen molar-refractivity contribution < 1.29 is 26.7 Å². The van der Waals surface area contributed by atoms with Crippen molar-refractivity contribution in [2.45, 2.75) is 52.4 Å². The molecule has 8 bridgehead atoms. The molecule has 0 fully saturated rings. The number of rotatable bonds is 2. The summed E-state index contributed by atoms with van der Waals surface area (Å²) >= 11 is 0. The number of fused-ring (bicyclic) bond motifs is 12. The van der Waals surface area contributed by atoms with Crippen LogP contribution in [0.4, 0.5) is 0 Å². The molecule has 2 aromatic heterocycles. The number of carbonyl (C=O) groups is 2. The van der Waals surface area contributed by atoms with E-state index in [2.05, 4.69) is 102 Å². The SMILES string of the molecule is Cc1cc(C)c(/C2=C3\C=CC(=N3)[C@]3(C(=O)c4cccc5cccc3c45)c3ccc([n-]3)/C(c3c(C)cc(C)cc3C)=C3/C=CC(=N3)[C@]3(C(=O)c4cccc5cccc3c45)c3ccc2[n-]3)c(C)c1.[Cu+2]. The third-order valence-electron chi connectivity index (χ3n) is 14.8. The van der Waals surface area contributed by atoms with Crippen LogP contribution in [0, 0.1) is 41.5 Å². The smallest absolute Gasteiger partial charge is 0.659 e. The molecule has 5 heterocycles. The summed E-state index contributed by atoms with van der Waals surface area (Å²) in [5.41, 5.74) is 15.7. The van der Waals surface area contributed by atoms with Crippen LogP contribution < -0.4 is 9.97 Å². The number of Topliss-reactive ketones (excluding diaryl/α,β-unsaturated/α-hetero) is 2. The second kappa shape index (κ2) is 14.3. The van der Waals surface area contributed by atoms with Crippen molar-refractivity contribution in [1.29, 1.82) is 0 Å². The molecule has 7 heteroatoms. The van der Waals surface area contributed by atoms with Crippen molar-refractivity contribution in [2.24, 2.45) is 9.98 Å². The minimum Gasteiger partial charge on any atom is -0.659 e. The van der Waals surface area contributed by atoms with Gasteiger partial charge < -0.3 is 9.97 Å². The van der Waals surface area contributed by atoms with Crippen LogP contribution in [0.2, 0.25) is 0 Å². The van der Waals surface area contributed by atoms with Gasteiger partial charge >= 0.3 is 17.1 Å². The minimum atomic E-state index is -1.36. The fraction of sp³-hybridized carbons (Fsp3) is 0.133. The van der Waals surface area contributed by atoms with E-state index >= 15 is 9.59 Å². The largest absolute Gasteiger partial charge is 2.00 e. The van der Waals surface area contributed by atoms with Crippen LogP contribution in [0.25, 0.3) is 32.7 Å². The molecule has 2 atom stereocenters. The summed E-state index contributed by atoms with van der Waals surface area (Å²) in [6.45, 7) is 12.7. The van der Waals surface area contributed by atoms with Gasteiger partial charge in [-0.15, -0.1) is 22.8 Å². The average Bonchev–Trinajstić information content (AvgIpc) is 4.17. The Balaban J connectivity index is 0.00000468. The molecular formula is C60H42CuN4O2. The molecule has 5 aliphatic rings. The van der Waals surface area contributed by atoms with Crippen LogP contribution in [0.3, 0.4) is 0 Å². The van der Waals surface area contributed by atoms with Gasteiger partial charge in [-0.25, -0.2) is 0 Å². The first-order chi connectivity index (χ1) is 32.0. The predicted octanol–water partition coefficient (Wildman–Crippen LogP) is 12.0. The molecule has 325 valence electrons. The van der Waals surface area contributed by atoms with E-state index in [4.69, 9.17) is 20.0 Å². The molecule has 6 nitrogen and oxygen atoms in total. The molecule has 0 saturated carbocycles. The van der Waals surface area contributed by atoms with Gasteiger partial charge in [-0.05, 0) is 143 Å². The van der Waals surface area contributed by atoms with E-state index in [0.717, 1.165) is 88.3 Å². The molecule has 0 N–H and O–H groups in total. The molecule has 6 aromatic carbocycles. The van der Waals surface area contributed by atoms with Gasteiger partial charge in [0.2, 0.25) is 0 Å². The second-order valence-electron chi connectivity index (χ2n) is 18.7. The Bertz CT molecular complexity index is 3520. The maximum Gasteiger partial charge on any atom is 2.00 e. The zero-order valence-corrected chi connectivity index (χ0v) is 38.7. The van der Waals surface area contributed by atoms with Crippen molar-refractivity contribution in [3.05, 3.63) is 247 Å². The van der Waals surface area contributed by atoms with Crippen LogP contribution in [-0.2, 0) is 27.9 Å². The quantitative estimate of drug-likeness (QED) is 0.162. The zero-order valence-electron chi connectivity index (χ0n) is 37.8. The number of allylic oxidation sites excluding steroid dienone is 4. The summed E-state index contributed by atoms with van der Waals surface area (Å²) in [6, 6.07) is 41.1. The minimum absolute atomic E-state index is 0. The number of ketones is 2. The molecule has 0 saturated heterocycles. The van der Waals surface area contributed by atoms with E-state index in [-0.39, 0.29) is 28.6 Å². The molecule has 1 radical (unpaired) electrons. The van der Waals surface area contributed by atoms with Gasteiger partial charge in [-0.1, -0.05) is 132 Å². The monoisotopic (exact) mass is 913 g/mol. The predicted molar refractivity (Wildman–Crippen MR) is 264 cm³/mol. The van der Waals surface area contributed by atoms with E-state index in [0.29, 0.717) is 56.7 Å². The average molecular weight is 915 g/mol. The molecule has 67 heavy (non-hydrogen) atoms. The molecule has 3 aliphatic heterocycles. The Labute approximate surface area is 399 Å². The van der Waals surface area contributed by atoms with Gasteiger partial charge in [0.1, 0.15) is 10.8 Å². The standard InChI is InChI=1S/C60H42N4O2.Cu/c1-31-27-33(3)51(34(4)28-31)55-43-19-23-47(61-43)59(41-17-9-13-37-11-7-15-39(53(37)41)57(59)65)49-25-21-45(63-49)56(52-35(5)29-32(2)30-36(52)6)46-22-26-50(64-46)60(48-24-20-44(55)62-48)42-18-10-14-38-12-8-16-40(54(38)42)58(60)66;/h7-30H,1-6H3;/q-2;+2/t59-,60+;. The number of hydrogen-bond acceptors (Lipinski definition) is 4. The molecular weight excluding hydrogens is 872 g/mol. The van der Waals surface area contributed by atoms with E-state index < -0.39 is 10.8 Å². The summed E-state index contributed by atoms with van der Waals surface area (Å²) in [4.78, 5) is 53.8. The van der Waals surface area contributed by atoms with Crippen molar-refractivity contribution in [3.8, 4) is 0 Å². The zero-order chi connectivity index (χ0) is 45.0. The molecule has 2 spiro atoms. The number of aliphatic imine (C=N–C) groups is 2. The van der Waals surface area contributed by atoms with Crippen LogP contribution in [0.1, 0.15) is 99.1 Å². The van der Waals surface area contributed by atoms with Gasteiger partial charge in [-0.3, -0.25) is 19.6 Å². The molecule has 0 unspecified atom stereocenters. The Hall–Kier alpha value is -7.44. The van der Waals surface area contributed by atoms with Crippen molar-refractivity contribution >= 4 is 55.7 Å². The normalized spacial score (nSPS) is 21.9. The van der Waals surface area contributed by atoms with E-state index in [1.54, 1.807) is 0 Å². The number of benzene rings is 6. The fourth-order valence-corrected chi connectivity index (χ4v) is 12.4. The van der Waals surface area contributed by atoms with Crippen molar-refractivity contribution in [2.75, 3.05) is 0 Å². The van der Waals surface area contributed by atoms with Gasteiger partial charge in [0.05, 0.1) is 22.8 Å². The maximum absolute atomic E-state index is 15.7. The Morgan fingerprint density at radius 1 is 0.448 bits per heavy atom. The molecule has 8 aromatic rings. The summed E-state index contributed by atoms with van der Waals surface area (Å²) in [5, 5.41) is 3.83. The summed E-state index contributed by atoms with van der Waals surface area (Å²) < 4.78 is 0. The second-order valence-corrected chi connectivity index (χ2v) is 18.7. The van der Waals surface area contributed by atoms with Gasteiger partial charge in [0, 0.05) is 11.1 Å². The Morgan fingerprint density at radius 3 is 1.21 bits per heavy atom. The van der Waals surface area contributed by atoms with Crippen LogP contribution in [0.15, 0.2) is 167 Å². The van der Waals surface area contributed by atoms with E-state index in [1.165, 1.54) is 0 Å². The number of carbonyl (C=O) groups excluding carboxylic acids is 2. The maximum atomic E-state index is 15.7. The topological polar surface area (TPSA) is 87.1 Å². The van der Waals surface area contributed by atoms with Crippen molar-refractivity contribution in [1.82, 2.24) is 9.97 Å². The molecule has 2 aliphatic carbocycles. The summed E-state index contributed by atoms with van der Waals surface area (Å²) in [5.74, 6) is -0.118. The summed E-state index contributed by atoms with van der Waals surface area (Å²) in [7, 11) is 0. The van der Waals surface area contributed by atoms with Crippen molar-refractivity contribution in [3.63, 3.8) is 0 Å². The molecule has 0 amide bonds. The number of aryl methyl sites for hydroxylation is 6. The number of hydrogen-bond donors (Lipinski definition) is 0. The van der Waals surface area contributed by atoms with Crippen LogP contribution >= 0.6 is 0 Å². The van der Waals surface area contributed by atoms with Gasteiger partial charge in [0.25, 0.3) is 0 Å². The third kappa shape index (κ3) is 5.27. The number of aromatic nitrogens is 2. The number of nitrogens with zero attached hydrogens (tertiary/aromatic N) is 4. The van der Waals surface area contributed by atoms with E-state index in [9.17, 15) is 0 Å². The first kappa shape index (κ1) is 41.0.